The van der Waals surface area contributed by atoms with Gasteiger partial charge >= 0.3 is 5.97 Å². The van der Waals surface area contributed by atoms with Crippen molar-refractivity contribution in [2.45, 2.75) is 51.4 Å². The summed E-state index contributed by atoms with van der Waals surface area (Å²) >= 11 is 0. The van der Waals surface area contributed by atoms with Crippen LogP contribution in [0.3, 0.4) is 0 Å². The molecule has 1 saturated carbocycles. The number of carbonyl (C=O) groups is 1. The van der Waals surface area contributed by atoms with Crippen molar-refractivity contribution in [2.75, 3.05) is 18.0 Å². The number of halogens is 3. The van der Waals surface area contributed by atoms with Crippen molar-refractivity contribution in [3.8, 4) is 0 Å². The zero-order chi connectivity index (χ0) is 18.0. The number of hydrogen-bond donors (Lipinski definition) is 1. The molecule has 3 nitrogen and oxygen atoms in total. The monoisotopic (exact) mass is 355 g/mol. The lowest BCUT2D eigenvalue weighted by atomic mass is 9.65. The number of piperidine rings is 1. The first kappa shape index (κ1) is 18.1. The van der Waals surface area contributed by atoms with E-state index in [1.54, 1.807) is 0 Å². The van der Waals surface area contributed by atoms with Gasteiger partial charge in [0, 0.05) is 30.8 Å². The van der Waals surface area contributed by atoms with E-state index < -0.39 is 18.2 Å². The van der Waals surface area contributed by atoms with Crippen molar-refractivity contribution >= 4 is 11.7 Å². The Morgan fingerprint density at radius 1 is 1.20 bits per heavy atom. The summed E-state index contributed by atoms with van der Waals surface area (Å²) in [5.41, 5.74) is 0.399. The second-order valence-electron chi connectivity index (χ2n) is 7.53. The topological polar surface area (TPSA) is 40.5 Å². The van der Waals surface area contributed by atoms with Crippen LogP contribution in [0.15, 0.2) is 18.2 Å². The molecule has 0 bridgehead atoms. The number of benzene rings is 1. The van der Waals surface area contributed by atoms with E-state index >= 15 is 0 Å². The molecule has 1 N–H and O–H groups in total. The maximum Gasteiger partial charge on any atom is 0.303 e. The first-order chi connectivity index (χ1) is 11.9. The van der Waals surface area contributed by atoms with Gasteiger partial charge in [0.05, 0.1) is 0 Å². The standard InChI is InChI=1S/C19H24F3NO2/c20-14-1-2-15(18(21)22)16(12-14)23-9-7-19(8-10-23)5-3-13(4-6-19)11-17(24)25/h1-2,12-13,18H,3-11H2,(H,24,25). The number of alkyl halides is 2. The van der Waals surface area contributed by atoms with Crippen LogP contribution in [0.2, 0.25) is 0 Å². The zero-order valence-corrected chi connectivity index (χ0v) is 14.2. The van der Waals surface area contributed by atoms with Gasteiger partial charge in [-0.2, -0.15) is 0 Å². The van der Waals surface area contributed by atoms with Gasteiger partial charge in [0.2, 0.25) is 0 Å². The quantitative estimate of drug-likeness (QED) is 0.825. The lowest BCUT2D eigenvalue weighted by Gasteiger charge is -2.46. The van der Waals surface area contributed by atoms with Gasteiger partial charge in [-0.1, -0.05) is 0 Å². The highest BCUT2D eigenvalue weighted by atomic mass is 19.3. The average Bonchev–Trinajstić information content (AvgIpc) is 2.57. The fraction of sp³-hybridized carbons (Fsp3) is 0.632. The molecule has 1 spiro atoms. The predicted molar refractivity (Wildman–Crippen MR) is 89.4 cm³/mol. The molecule has 1 heterocycles. The summed E-state index contributed by atoms with van der Waals surface area (Å²) < 4.78 is 40.0. The molecule has 138 valence electrons. The summed E-state index contributed by atoms with van der Waals surface area (Å²) in [5.74, 6) is -0.968. The highest BCUT2D eigenvalue weighted by molar-refractivity contribution is 5.67. The normalized spacial score (nSPS) is 21.0. The summed E-state index contributed by atoms with van der Waals surface area (Å²) in [6.07, 6.45) is 3.27. The van der Waals surface area contributed by atoms with E-state index in [1.165, 1.54) is 12.1 Å². The predicted octanol–water partition coefficient (Wildman–Crippen LogP) is 5.01. The minimum absolute atomic E-state index is 0.109. The minimum atomic E-state index is -2.61. The van der Waals surface area contributed by atoms with Gasteiger partial charge in [0.15, 0.2) is 0 Å². The number of anilines is 1. The fourth-order valence-corrected chi connectivity index (χ4v) is 4.44. The Kier molecular flexibility index (Phi) is 5.25. The third-order valence-corrected chi connectivity index (χ3v) is 6.02. The maximum absolute atomic E-state index is 13.5. The van der Waals surface area contributed by atoms with Crippen LogP contribution >= 0.6 is 0 Å². The van der Waals surface area contributed by atoms with Gasteiger partial charge in [0.25, 0.3) is 6.43 Å². The third-order valence-electron chi connectivity index (χ3n) is 6.02. The van der Waals surface area contributed by atoms with Crippen molar-refractivity contribution in [1.82, 2.24) is 0 Å². The second-order valence-corrected chi connectivity index (χ2v) is 7.53. The first-order valence-electron chi connectivity index (χ1n) is 8.93. The SMILES string of the molecule is O=C(O)CC1CCC2(CC1)CCN(c1cc(F)ccc1C(F)F)CC2. The zero-order valence-electron chi connectivity index (χ0n) is 14.2. The van der Waals surface area contributed by atoms with E-state index in [4.69, 9.17) is 5.11 Å². The van der Waals surface area contributed by atoms with Crippen molar-refractivity contribution in [1.29, 1.82) is 0 Å². The highest BCUT2D eigenvalue weighted by Crippen LogP contribution is 2.48. The summed E-state index contributed by atoms with van der Waals surface area (Å²) in [4.78, 5) is 12.7. The minimum Gasteiger partial charge on any atom is -0.481 e. The third kappa shape index (κ3) is 4.10. The van der Waals surface area contributed by atoms with Gasteiger partial charge in [-0.25, -0.2) is 13.2 Å². The molecule has 25 heavy (non-hydrogen) atoms. The number of rotatable bonds is 4. The largest absolute Gasteiger partial charge is 0.481 e. The molecule has 1 aliphatic carbocycles. The van der Waals surface area contributed by atoms with Crippen molar-refractivity contribution in [2.24, 2.45) is 11.3 Å². The van der Waals surface area contributed by atoms with E-state index in [2.05, 4.69) is 0 Å². The number of aliphatic carboxylic acids is 1. The van der Waals surface area contributed by atoms with E-state index in [9.17, 15) is 18.0 Å². The molecular formula is C19H24F3NO2. The Morgan fingerprint density at radius 2 is 1.84 bits per heavy atom. The number of carboxylic acid groups (broad SMARTS) is 1. The Morgan fingerprint density at radius 3 is 2.40 bits per heavy atom. The lowest BCUT2D eigenvalue weighted by molar-refractivity contribution is -0.138. The van der Waals surface area contributed by atoms with Gasteiger partial charge in [-0.05, 0) is 68.1 Å². The van der Waals surface area contributed by atoms with Gasteiger partial charge < -0.3 is 10.0 Å². The molecule has 1 saturated heterocycles. The molecule has 3 rings (SSSR count). The maximum atomic E-state index is 13.5. The van der Waals surface area contributed by atoms with E-state index in [-0.39, 0.29) is 23.3 Å². The Balaban J connectivity index is 1.63. The van der Waals surface area contributed by atoms with E-state index in [1.807, 2.05) is 4.90 Å². The van der Waals surface area contributed by atoms with Crippen molar-refractivity contribution in [3.63, 3.8) is 0 Å². The highest BCUT2D eigenvalue weighted by Gasteiger charge is 2.39. The smallest absolute Gasteiger partial charge is 0.303 e. The van der Waals surface area contributed by atoms with Crippen LogP contribution in [-0.2, 0) is 4.79 Å². The lowest BCUT2D eigenvalue weighted by Crippen LogP contribution is -2.42. The molecule has 2 fully saturated rings. The van der Waals surface area contributed by atoms with Gasteiger partial charge in [-0.3, -0.25) is 4.79 Å². The number of carboxylic acids is 1. The van der Waals surface area contributed by atoms with Crippen molar-refractivity contribution in [3.05, 3.63) is 29.6 Å². The molecular weight excluding hydrogens is 331 g/mol. The molecule has 1 aromatic rings. The molecule has 0 unspecified atom stereocenters. The Hall–Kier alpha value is -1.72. The summed E-state index contributed by atoms with van der Waals surface area (Å²) in [7, 11) is 0. The van der Waals surface area contributed by atoms with Gasteiger partial charge in [0.1, 0.15) is 5.82 Å². The van der Waals surface area contributed by atoms with Crippen LogP contribution < -0.4 is 4.90 Å². The molecule has 6 heteroatoms. The van der Waals surface area contributed by atoms with Crippen LogP contribution in [0.25, 0.3) is 0 Å². The molecule has 2 aliphatic rings. The average molecular weight is 355 g/mol. The molecule has 0 amide bonds. The van der Waals surface area contributed by atoms with Crippen LogP contribution in [0.4, 0.5) is 18.9 Å². The van der Waals surface area contributed by atoms with Gasteiger partial charge in [-0.15, -0.1) is 0 Å². The molecule has 1 aliphatic heterocycles. The van der Waals surface area contributed by atoms with Crippen molar-refractivity contribution < 1.29 is 23.1 Å². The molecule has 1 aromatic carbocycles. The van der Waals surface area contributed by atoms with E-state index in [0.717, 1.165) is 44.6 Å². The second kappa shape index (κ2) is 7.26. The van der Waals surface area contributed by atoms with Crippen LogP contribution in [0.1, 0.15) is 56.9 Å². The fourth-order valence-electron chi connectivity index (χ4n) is 4.44. The summed E-state index contributed by atoms with van der Waals surface area (Å²) in [6.45, 7) is 1.29. The molecule has 0 radical (unpaired) electrons. The Bertz CT molecular complexity index is 617. The Labute approximate surface area is 145 Å². The number of hydrogen-bond acceptors (Lipinski definition) is 2. The van der Waals surface area contributed by atoms with Crippen LogP contribution in [0.5, 0.6) is 0 Å². The van der Waals surface area contributed by atoms with Crippen LogP contribution in [0, 0.1) is 17.2 Å². The molecule has 0 atom stereocenters. The number of nitrogens with zero attached hydrogens (tertiary/aromatic N) is 1. The van der Waals surface area contributed by atoms with Crippen LogP contribution in [-0.4, -0.2) is 24.2 Å². The first-order valence-corrected chi connectivity index (χ1v) is 8.93. The van der Waals surface area contributed by atoms with E-state index in [0.29, 0.717) is 18.8 Å². The summed E-state index contributed by atoms with van der Waals surface area (Å²) in [6, 6.07) is 3.47. The summed E-state index contributed by atoms with van der Waals surface area (Å²) in [5, 5.41) is 8.92. The molecule has 0 aromatic heterocycles.